The van der Waals surface area contributed by atoms with Crippen molar-refractivity contribution >= 4 is 34.9 Å². The van der Waals surface area contributed by atoms with Gasteiger partial charge in [0.1, 0.15) is 6.54 Å². The molecule has 2 heterocycles. The van der Waals surface area contributed by atoms with Gasteiger partial charge in [0.2, 0.25) is 5.91 Å². The molecule has 3 amide bonds. The zero-order chi connectivity index (χ0) is 20.1. The number of imide groups is 1. The molecule has 1 aromatic carbocycles. The van der Waals surface area contributed by atoms with Gasteiger partial charge in [-0.2, -0.15) is 0 Å². The van der Waals surface area contributed by atoms with Gasteiger partial charge in [-0.15, -0.1) is 0 Å². The van der Waals surface area contributed by atoms with Crippen molar-refractivity contribution in [3.63, 3.8) is 0 Å². The average Bonchev–Trinajstić information content (AvgIpc) is 3.20. The molecule has 0 radical (unpaired) electrons. The number of rotatable bonds is 7. The van der Waals surface area contributed by atoms with Crippen molar-refractivity contribution in [1.29, 1.82) is 0 Å². The van der Waals surface area contributed by atoms with Gasteiger partial charge in [-0.1, -0.05) is 30.3 Å². The van der Waals surface area contributed by atoms with Gasteiger partial charge >= 0.3 is 0 Å². The van der Waals surface area contributed by atoms with E-state index in [9.17, 15) is 19.5 Å². The number of aryl methyl sites for hydroxylation is 1. The third kappa shape index (κ3) is 4.71. The van der Waals surface area contributed by atoms with Crippen LogP contribution in [0, 0.1) is 0 Å². The van der Waals surface area contributed by atoms with Crippen LogP contribution in [0.4, 0.5) is 4.79 Å². The summed E-state index contributed by atoms with van der Waals surface area (Å²) in [6, 6.07) is 12.6. The molecule has 1 aliphatic heterocycles. The number of nitrogens with one attached hydrogen (secondary N) is 1. The van der Waals surface area contributed by atoms with Crippen molar-refractivity contribution in [3.8, 4) is 0 Å². The second kappa shape index (κ2) is 8.90. The maximum Gasteiger partial charge on any atom is 0.294 e. The number of hydrogen-bond donors (Lipinski definition) is 2. The van der Waals surface area contributed by atoms with Crippen molar-refractivity contribution in [1.82, 2.24) is 14.8 Å². The topological polar surface area (TPSA) is 91.6 Å². The molecular weight excluding hydrogens is 378 g/mol. The number of carbonyl (C=O) groups is 3. The summed E-state index contributed by atoms with van der Waals surface area (Å²) in [6.45, 7) is -0.615. The Balaban J connectivity index is 1.61. The highest BCUT2D eigenvalue weighted by atomic mass is 32.2. The van der Waals surface area contributed by atoms with Gasteiger partial charge in [-0.3, -0.25) is 19.3 Å². The molecule has 0 aliphatic carbocycles. The zero-order valence-corrected chi connectivity index (χ0v) is 16.2. The smallest absolute Gasteiger partial charge is 0.294 e. The lowest BCUT2D eigenvalue weighted by atomic mass is 10.1. The molecule has 28 heavy (non-hydrogen) atoms. The van der Waals surface area contributed by atoms with Crippen LogP contribution in [-0.2, 0) is 23.1 Å². The van der Waals surface area contributed by atoms with E-state index in [0.29, 0.717) is 6.42 Å². The maximum absolute atomic E-state index is 12.5. The zero-order valence-electron chi connectivity index (χ0n) is 15.4. The molecule has 3 rings (SSSR count). The molecule has 1 atom stereocenters. The number of aliphatic hydroxyl groups is 1. The average molecular weight is 399 g/mol. The number of aliphatic hydroxyl groups excluding tert-OH is 1. The summed E-state index contributed by atoms with van der Waals surface area (Å²) in [5.74, 6) is -0.979. The highest BCUT2D eigenvalue weighted by Gasteiger charge is 2.36. The second-order valence-electron chi connectivity index (χ2n) is 6.45. The van der Waals surface area contributed by atoms with Gasteiger partial charge in [-0.25, -0.2) is 0 Å². The normalized spacial score (nSPS) is 16.6. The monoisotopic (exact) mass is 399 g/mol. The summed E-state index contributed by atoms with van der Waals surface area (Å²) in [6.07, 6.45) is 3.93. The molecule has 7 nitrogen and oxygen atoms in total. The fourth-order valence-electron chi connectivity index (χ4n) is 2.87. The van der Waals surface area contributed by atoms with E-state index in [1.54, 1.807) is 6.08 Å². The first-order valence-corrected chi connectivity index (χ1v) is 9.60. The minimum absolute atomic E-state index is 0.240. The summed E-state index contributed by atoms with van der Waals surface area (Å²) in [4.78, 5) is 38.2. The standard InChI is InChI=1S/C20H21N3O4S/c1-22-9-5-8-16(22)11-17-19(26)23(20(27)28-17)12-18(25)21-15(13-24)10-14-6-3-2-4-7-14/h2-9,11,15,24H,10,12-13H2,1H3,(H,21,25). The van der Waals surface area contributed by atoms with Crippen LogP contribution in [-0.4, -0.2) is 50.8 Å². The molecule has 0 saturated carbocycles. The Bertz CT molecular complexity index is 907. The molecule has 2 aromatic rings. The lowest BCUT2D eigenvalue weighted by Crippen LogP contribution is -2.45. The van der Waals surface area contributed by atoms with E-state index in [1.165, 1.54) is 0 Å². The molecule has 2 N–H and O–H groups in total. The van der Waals surface area contributed by atoms with Gasteiger partial charge in [0, 0.05) is 18.9 Å². The van der Waals surface area contributed by atoms with Gasteiger partial charge < -0.3 is 15.0 Å². The van der Waals surface area contributed by atoms with Crippen LogP contribution >= 0.6 is 11.8 Å². The number of amides is 3. The molecule has 8 heteroatoms. The lowest BCUT2D eigenvalue weighted by molar-refractivity contribution is -0.129. The van der Waals surface area contributed by atoms with E-state index in [-0.39, 0.29) is 18.1 Å². The number of aromatic nitrogens is 1. The van der Waals surface area contributed by atoms with Crippen LogP contribution in [0.5, 0.6) is 0 Å². The third-order valence-corrected chi connectivity index (χ3v) is 5.26. The summed E-state index contributed by atoms with van der Waals surface area (Å²) in [7, 11) is 1.84. The Morgan fingerprint density at radius 3 is 2.61 bits per heavy atom. The first kappa shape index (κ1) is 19.9. The van der Waals surface area contributed by atoms with E-state index < -0.39 is 23.1 Å². The van der Waals surface area contributed by atoms with Gasteiger partial charge in [0.25, 0.3) is 11.1 Å². The van der Waals surface area contributed by atoms with E-state index in [0.717, 1.165) is 27.9 Å². The van der Waals surface area contributed by atoms with Gasteiger partial charge in [0.15, 0.2) is 0 Å². The van der Waals surface area contributed by atoms with Crippen LogP contribution < -0.4 is 5.32 Å². The van der Waals surface area contributed by atoms with Crippen molar-refractivity contribution in [2.45, 2.75) is 12.5 Å². The largest absolute Gasteiger partial charge is 0.394 e. The molecule has 1 fully saturated rings. The van der Waals surface area contributed by atoms with Crippen LogP contribution in [0.2, 0.25) is 0 Å². The van der Waals surface area contributed by atoms with E-state index >= 15 is 0 Å². The third-order valence-electron chi connectivity index (χ3n) is 4.35. The van der Waals surface area contributed by atoms with Crippen molar-refractivity contribution in [2.75, 3.05) is 13.2 Å². The molecule has 1 unspecified atom stereocenters. The van der Waals surface area contributed by atoms with Gasteiger partial charge in [0.05, 0.1) is 17.6 Å². The SMILES string of the molecule is Cn1cccc1C=C1SC(=O)N(CC(=O)NC(CO)Cc2ccccc2)C1=O. The van der Waals surface area contributed by atoms with E-state index in [1.807, 2.05) is 60.3 Å². The van der Waals surface area contributed by atoms with E-state index in [4.69, 9.17) is 0 Å². The predicted molar refractivity (Wildman–Crippen MR) is 107 cm³/mol. The Morgan fingerprint density at radius 2 is 1.96 bits per heavy atom. The first-order valence-electron chi connectivity index (χ1n) is 8.78. The summed E-state index contributed by atoms with van der Waals surface area (Å²) in [5, 5.41) is 11.7. The van der Waals surface area contributed by atoms with Crippen molar-refractivity contribution in [2.24, 2.45) is 7.05 Å². The Morgan fingerprint density at radius 1 is 1.21 bits per heavy atom. The number of thioether (sulfide) groups is 1. The summed E-state index contributed by atoms with van der Waals surface area (Å²) in [5.41, 5.74) is 1.76. The lowest BCUT2D eigenvalue weighted by Gasteiger charge is -2.18. The highest BCUT2D eigenvalue weighted by Crippen LogP contribution is 2.31. The Labute approximate surface area is 167 Å². The molecule has 1 saturated heterocycles. The minimum atomic E-state index is -0.492. The summed E-state index contributed by atoms with van der Waals surface area (Å²) < 4.78 is 1.83. The van der Waals surface area contributed by atoms with Crippen LogP contribution in [0.25, 0.3) is 6.08 Å². The van der Waals surface area contributed by atoms with Crippen molar-refractivity contribution in [3.05, 3.63) is 64.8 Å². The number of benzene rings is 1. The molecule has 1 aliphatic rings. The fraction of sp³-hybridized carbons (Fsp3) is 0.250. The summed E-state index contributed by atoms with van der Waals surface area (Å²) >= 11 is 0.814. The molecule has 0 bridgehead atoms. The van der Waals surface area contributed by atoms with Crippen LogP contribution in [0.15, 0.2) is 53.6 Å². The second-order valence-corrected chi connectivity index (χ2v) is 7.44. The van der Waals surface area contributed by atoms with E-state index in [2.05, 4.69) is 5.32 Å². The highest BCUT2D eigenvalue weighted by molar-refractivity contribution is 8.18. The van der Waals surface area contributed by atoms with Crippen molar-refractivity contribution < 1.29 is 19.5 Å². The Kier molecular flexibility index (Phi) is 6.33. The molecule has 146 valence electrons. The number of hydrogen-bond acceptors (Lipinski definition) is 5. The quantitative estimate of drug-likeness (QED) is 0.693. The molecule has 0 spiro atoms. The maximum atomic E-state index is 12.5. The van der Waals surface area contributed by atoms with Gasteiger partial charge in [-0.05, 0) is 42.0 Å². The fourth-order valence-corrected chi connectivity index (χ4v) is 3.69. The Hall–Kier alpha value is -2.84. The van der Waals surface area contributed by atoms with Crippen LogP contribution in [0.3, 0.4) is 0 Å². The number of carbonyl (C=O) groups excluding carboxylic acids is 3. The number of nitrogens with zero attached hydrogens (tertiary/aromatic N) is 2. The molecule has 1 aromatic heterocycles. The van der Waals surface area contributed by atoms with Crippen LogP contribution in [0.1, 0.15) is 11.3 Å². The first-order chi connectivity index (χ1) is 13.5. The predicted octanol–water partition coefficient (Wildman–Crippen LogP) is 1.78. The minimum Gasteiger partial charge on any atom is -0.394 e. The molecular formula is C20H21N3O4S.